The first-order chi connectivity index (χ1) is 8.31. The van der Waals surface area contributed by atoms with E-state index in [2.05, 4.69) is 15.3 Å². The van der Waals surface area contributed by atoms with E-state index < -0.39 is 0 Å². The third-order valence-electron chi connectivity index (χ3n) is 3.16. The highest BCUT2D eigenvalue weighted by atomic mass is 16.5. The van der Waals surface area contributed by atoms with Crippen LogP contribution in [0.5, 0.6) is 5.88 Å². The van der Waals surface area contributed by atoms with Crippen LogP contribution in [-0.2, 0) is 0 Å². The van der Waals surface area contributed by atoms with Gasteiger partial charge in [0.15, 0.2) is 5.82 Å². The standard InChI is InChI=1S/C12H20N4O/c1-2-17-12-10(13)11(15-8-16-12)14-7-9-5-3-4-6-9/h8-9H,2-7,13H2,1H3,(H,14,15,16). The predicted octanol–water partition coefficient (Wildman–Crippen LogP) is 2.06. The minimum atomic E-state index is 0.469. The molecule has 1 aliphatic carbocycles. The molecule has 5 nitrogen and oxygen atoms in total. The minimum Gasteiger partial charge on any atom is -0.476 e. The minimum absolute atomic E-state index is 0.469. The van der Waals surface area contributed by atoms with Gasteiger partial charge in [-0.3, -0.25) is 0 Å². The molecule has 5 heteroatoms. The first-order valence-electron chi connectivity index (χ1n) is 6.28. The average molecular weight is 236 g/mol. The number of anilines is 2. The van der Waals surface area contributed by atoms with Crippen molar-refractivity contribution in [1.82, 2.24) is 9.97 Å². The molecular weight excluding hydrogens is 216 g/mol. The smallest absolute Gasteiger partial charge is 0.242 e. The highest BCUT2D eigenvalue weighted by Crippen LogP contribution is 2.27. The Labute approximate surface area is 102 Å². The Hall–Kier alpha value is -1.52. The predicted molar refractivity (Wildman–Crippen MR) is 68.1 cm³/mol. The summed E-state index contributed by atoms with van der Waals surface area (Å²) in [4.78, 5) is 8.17. The number of rotatable bonds is 5. The topological polar surface area (TPSA) is 73.1 Å². The summed E-state index contributed by atoms with van der Waals surface area (Å²) in [7, 11) is 0. The summed E-state index contributed by atoms with van der Waals surface area (Å²) in [6.45, 7) is 3.41. The summed E-state index contributed by atoms with van der Waals surface area (Å²) >= 11 is 0. The molecule has 0 amide bonds. The van der Waals surface area contributed by atoms with E-state index in [0.717, 1.165) is 12.5 Å². The van der Waals surface area contributed by atoms with Gasteiger partial charge in [-0.2, -0.15) is 4.98 Å². The zero-order valence-electron chi connectivity index (χ0n) is 10.3. The van der Waals surface area contributed by atoms with E-state index in [9.17, 15) is 0 Å². The third kappa shape index (κ3) is 2.99. The lowest BCUT2D eigenvalue weighted by Crippen LogP contribution is -2.14. The van der Waals surface area contributed by atoms with E-state index in [-0.39, 0.29) is 0 Å². The molecule has 0 aliphatic heterocycles. The van der Waals surface area contributed by atoms with Crippen LogP contribution in [0.2, 0.25) is 0 Å². The number of hydrogen-bond donors (Lipinski definition) is 2. The van der Waals surface area contributed by atoms with Gasteiger partial charge in [0, 0.05) is 6.54 Å². The van der Waals surface area contributed by atoms with Crippen molar-refractivity contribution in [2.45, 2.75) is 32.6 Å². The Kier molecular flexibility index (Phi) is 4.01. The normalized spacial score (nSPS) is 16.1. The van der Waals surface area contributed by atoms with Crippen molar-refractivity contribution >= 4 is 11.5 Å². The van der Waals surface area contributed by atoms with Crippen molar-refractivity contribution in [1.29, 1.82) is 0 Å². The van der Waals surface area contributed by atoms with Gasteiger partial charge in [0.05, 0.1) is 6.61 Å². The number of hydrogen-bond acceptors (Lipinski definition) is 5. The van der Waals surface area contributed by atoms with Crippen LogP contribution in [0.4, 0.5) is 11.5 Å². The molecular formula is C12H20N4O. The molecule has 1 heterocycles. The first-order valence-corrected chi connectivity index (χ1v) is 6.28. The van der Waals surface area contributed by atoms with E-state index in [4.69, 9.17) is 10.5 Å². The molecule has 94 valence electrons. The Morgan fingerprint density at radius 1 is 1.41 bits per heavy atom. The van der Waals surface area contributed by atoms with Crippen LogP contribution < -0.4 is 15.8 Å². The molecule has 0 radical (unpaired) electrons. The molecule has 3 N–H and O–H groups in total. The lowest BCUT2D eigenvalue weighted by molar-refractivity contribution is 0.328. The summed E-state index contributed by atoms with van der Waals surface area (Å²) in [5.41, 5.74) is 6.45. The number of nitrogens with one attached hydrogen (secondary N) is 1. The van der Waals surface area contributed by atoms with Crippen LogP contribution in [0.1, 0.15) is 32.6 Å². The van der Waals surface area contributed by atoms with Gasteiger partial charge in [-0.1, -0.05) is 12.8 Å². The molecule has 1 aromatic rings. The fraction of sp³-hybridized carbons (Fsp3) is 0.667. The molecule has 0 aromatic carbocycles. The van der Waals surface area contributed by atoms with E-state index in [0.29, 0.717) is 24.0 Å². The SMILES string of the molecule is CCOc1ncnc(NCC2CCCC2)c1N. The van der Waals surface area contributed by atoms with Crippen molar-refractivity contribution < 1.29 is 4.74 Å². The van der Waals surface area contributed by atoms with Crippen LogP contribution in [0.25, 0.3) is 0 Å². The van der Waals surface area contributed by atoms with Crippen molar-refractivity contribution in [3.8, 4) is 5.88 Å². The maximum absolute atomic E-state index is 5.94. The van der Waals surface area contributed by atoms with Crippen molar-refractivity contribution in [2.24, 2.45) is 5.92 Å². The van der Waals surface area contributed by atoms with Crippen LogP contribution in [0.3, 0.4) is 0 Å². The molecule has 0 atom stereocenters. The highest BCUT2D eigenvalue weighted by molar-refractivity contribution is 5.66. The van der Waals surface area contributed by atoms with Gasteiger partial charge >= 0.3 is 0 Å². The fourth-order valence-electron chi connectivity index (χ4n) is 2.23. The lowest BCUT2D eigenvalue weighted by Gasteiger charge is -2.13. The van der Waals surface area contributed by atoms with Crippen molar-refractivity contribution in [2.75, 3.05) is 24.2 Å². The van der Waals surface area contributed by atoms with E-state index in [1.165, 1.54) is 32.0 Å². The third-order valence-corrected chi connectivity index (χ3v) is 3.16. The van der Waals surface area contributed by atoms with Crippen molar-refractivity contribution in [3.05, 3.63) is 6.33 Å². The Morgan fingerprint density at radius 2 is 2.18 bits per heavy atom. The monoisotopic (exact) mass is 236 g/mol. The Balaban J connectivity index is 1.97. The Morgan fingerprint density at radius 3 is 2.88 bits per heavy atom. The lowest BCUT2D eigenvalue weighted by atomic mass is 10.1. The largest absolute Gasteiger partial charge is 0.476 e. The van der Waals surface area contributed by atoms with Crippen LogP contribution >= 0.6 is 0 Å². The van der Waals surface area contributed by atoms with Gasteiger partial charge < -0.3 is 15.8 Å². The summed E-state index contributed by atoms with van der Waals surface area (Å²) in [6.07, 6.45) is 6.77. The van der Waals surface area contributed by atoms with Gasteiger partial charge in [-0.05, 0) is 25.7 Å². The van der Waals surface area contributed by atoms with Gasteiger partial charge in [0.1, 0.15) is 12.0 Å². The van der Waals surface area contributed by atoms with E-state index in [1.54, 1.807) is 0 Å². The second-order valence-corrected chi connectivity index (χ2v) is 4.41. The molecule has 2 rings (SSSR count). The van der Waals surface area contributed by atoms with E-state index >= 15 is 0 Å². The molecule has 0 saturated heterocycles. The summed E-state index contributed by atoms with van der Waals surface area (Å²) < 4.78 is 5.33. The van der Waals surface area contributed by atoms with Crippen LogP contribution in [-0.4, -0.2) is 23.1 Å². The molecule has 0 unspecified atom stereocenters. The van der Waals surface area contributed by atoms with Gasteiger partial charge in [0.2, 0.25) is 5.88 Å². The average Bonchev–Trinajstić information content (AvgIpc) is 2.83. The summed E-state index contributed by atoms with van der Waals surface area (Å²) in [6, 6.07) is 0. The second-order valence-electron chi connectivity index (χ2n) is 4.41. The molecule has 17 heavy (non-hydrogen) atoms. The zero-order chi connectivity index (χ0) is 12.1. The van der Waals surface area contributed by atoms with E-state index in [1.807, 2.05) is 6.92 Å². The molecule has 1 saturated carbocycles. The number of ether oxygens (including phenoxy) is 1. The maximum Gasteiger partial charge on any atom is 0.242 e. The molecule has 0 bridgehead atoms. The van der Waals surface area contributed by atoms with Gasteiger partial charge in [-0.15, -0.1) is 0 Å². The second kappa shape index (κ2) is 5.70. The molecule has 0 spiro atoms. The molecule has 1 aromatic heterocycles. The maximum atomic E-state index is 5.94. The number of nitrogens with zero attached hydrogens (tertiary/aromatic N) is 2. The van der Waals surface area contributed by atoms with Gasteiger partial charge in [0.25, 0.3) is 0 Å². The number of aromatic nitrogens is 2. The fourth-order valence-corrected chi connectivity index (χ4v) is 2.23. The summed E-state index contributed by atoms with van der Waals surface area (Å²) in [5.74, 6) is 1.91. The van der Waals surface area contributed by atoms with Gasteiger partial charge in [-0.25, -0.2) is 4.98 Å². The zero-order valence-corrected chi connectivity index (χ0v) is 10.3. The van der Waals surface area contributed by atoms with Crippen LogP contribution in [0.15, 0.2) is 6.33 Å². The molecule has 1 aliphatic rings. The Bertz CT molecular complexity index is 364. The first kappa shape index (κ1) is 12.0. The van der Waals surface area contributed by atoms with Crippen molar-refractivity contribution in [3.63, 3.8) is 0 Å². The number of nitrogen functional groups attached to an aromatic ring is 1. The number of nitrogens with two attached hydrogens (primary N) is 1. The van der Waals surface area contributed by atoms with Crippen LogP contribution in [0, 0.1) is 5.92 Å². The highest BCUT2D eigenvalue weighted by Gasteiger charge is 2.16. The molecule has 1 fully saturated rings. The summed E-state index contributed by atoms with van der Waals surface area (Å²) in [5, 5.41) is 3.30. The quantitative estimate of drug-likeness (QED) is 0.818.